The Bertz CT molecular complexity index is 636. The minimum Gasteiger partial charge on any atom is -0.388 e. The molecule has 0 amide bonds. The highest BCUT2D eigenvalue weighted by Gasteiger charge is 2.10. The number of nitriles is 1. The lowest BCUT2D eigenvalue weighted by atomic mass is 10.00. The van der Waals surface area contributed by atoms with Gasteiger partial charge in [0.25, 0.3) is 0 Å². The lowest BCUT2D eigenvalue weighted by Gasteiger charge is -2.11. The predicted octanol–water partition coefficient (Wildman–Crippen LogP) is 3.74. The van der Waals surface area contributed by atoms with Crippen LogP contribution in [0.3, 0.4) is 0 Å². The van der Waals surface area contributed by atoms with Gasteiger partial charge in [0, 0.05) is 6.42 Å². The molecule has 96 valence electrons. The zero-order valence-corrected chi connectivity index (χ0v) is 11.6. The van der Waals surface area contributed by atoms with Gasteiger partial charge in [0.15, 0.2) is 0 Å². The van der Waals surface area contributed by atoms with Gasteiger partial charge in [-0.3, -0.25) is 0 Å². The van der Waals surface area contributed by atoms with Gasteiger partial charge in [-0.1, -0.05) is 18.2 Å². The smallest absolute Gasteiger partial charge is 0.137 e. The van der Waals surface area contributed by atoms with Crippen LogP contribution in [-0.2, 0) is 6.42 Å². The molecule has 19 heavy (non-hydrogen) atoms. The largest absolute Gasteiger partial charge is 0.388 e. The van der Waals surface area contributed by atoms with Gasteiger partial charge in [-0.25, -0.2) is 4.39 Å². The second-order valence-electron chi connectivity index (χ2n) is 4.21. The van der Waals surface area contributed by atoms with Crippen LogP contribution in [0.4, 0.5) is 4.39 Å². The first-order valence-corrected chi connectivity index (χ1v) is 6.51. The van der Waals surface area contributed by atoms with Crippen LogP contribution in [-0.4, -0.2) is 5.11 Å². The van der Waals surface area contributed by atoms with Crippen LogP contribution in [0.25, 0.3) is 0 Å². The van der Waals surface area contributed by atoms with Crippen LogP contribution < -0.4 is 0 Å². The summed E-state index contributed by atoms with van der Waals surface area (Å²) in [7, 11) is 0. The number of hydrogen-bond donors (Lipinski definition) is 1. The van der Waals surface area contributed by atoms with Gasteiger partial charge in [0.05, 0.1) is 22.2 Å². The molecular formula is C15H11BrFNO. The van der Waals surface area contributed by atoms with Crippen molar-refractivity contribution in [1.29, 1.82) is 5.26 Å². The van der Waals surface area contributed by atoms with Crippen molar-refractivity contribution in [1.82, 2.24) is 0 Å². The maximum atomic E-state index is 13.1. The molecule has 2 aromatic carbocycles. The maximum absolute atomic E-state index is 13.1. The SMILES string of the molecule is N#Cc1cccc(C(O)Cc2ccc(F)c(Br)c2)c1. The Balaban J connectivity index is 2.18. The van der Waals surface area contributed by atoms with E-state index in [4.69, 9.17) is 5.26 Å². The van der Waals surface area contributed by atoms with Crippen molar-refractivity contribution in [3.8, 4) is 6.07 Å². The number of benzene rings is 2. The average Bonchev–Trinajstić information content (AvgIpc) is 2.43. The Morgan fingerprint density at radius 1 is 1.26 bits per heavy atom. The normalized spacial score (nSPS) is 11.9. The minimum absolute atomic E-state index is 0.329. The third-order valence-electron chi connectivity index (χ3n) is 2.81. The van der Waals surface area contributed by atoms with E-state index in [-0.39, 0.29) is 5.82 Å². The quantitative estimate of drug-likeness (QED) is 0.936. The standard InChI is InChI=1S/C15H11BrFNO/c16-13-7-10(4-5-14(13)17)8-15(19)12-3-1-2-11(6-12)9-18/h1-7,15,19H,8H2. The number of aliphatic hydroxyl groups is 1. The molecule has 0 spiro atoms. The third kappa shape index (κ3) is 3.40. The molecule has 0 saturated heterocycles. The molecule has 2 aromatic rings. The first kappa shape index (κ1) is 13.7. The van der Waals surface area contributed by atoms with Crippen molar-refractivity contribution in [2.45, 2.75) is 12.5 Å². The zero-order chi connectivity index (χ0) is 13.8. The van der Waals surface area contributed by atoms with Crippen LogP contribution in [0.1, 0.15) is 22.8 Å². The average molecular weight is 320 g/mol. The molecule has 0 aliphatic carbocycles. The first-order chi connectivity index (χ1) is 9.10. The highest BCUT2D eigenvalue weighted by atomic mass is 79.9. The number of rotatable bonds is 3. The van der Waals surface area contributed by atoms with Crippen molar-refractivity contribution in [2.75, 3.05) is 0 Å². The van der Waals surface area contributed by atoms with Gasteiger partial charge in [0.1, 0.15) is 5.82 Å². The van der Waals surface area contributed by atoms with E-state index in [1.165, 1.54) is 6.07 Å². The third-order valence-corrected chi connectivity index (χ3v) is 3.42. The van der Waals surface area contributed by atoms with Gasteiger partial charge in [-0.05, 0) is 51.3 Å². The van der Waals surface area contributed by atoms with E-state index in [2.05, 4.69) is 15.9 Å². The molecule has 0 heterocycles. The molecule has 0 aliphatic heterocycles. The summed E-state index contributed by atoms with van der Waals surface area (Å²) in [4.78, 5) is 0. The summed E-state index contributed by atoms with van der Waals surface area (Å²) in [6, 6.07) is 13.5. The fraction of sp³-hybridized carbons (Fsp3) is 0.133. The molecule has 0 saturated carbocycles. The molecule has 0 aromatic heterocycles. The summed E-state index contributed by atoms with van der Waals surface area (Å²) in [5.74, 6) is -0.329. The van der Waals surface area contributed by atoms with Crippen molar-refractivity contribution < 1.29 is 9.50 Å². The van der Waals surface area contributed by atoms with Crippen LogP contribution in [0.2, 0.25) is 0 Å². The molecule has 1 N–H and O–H groups in total. The molecule has 4 heteroatoms. The van der Waals surface area contributed by atoms with E-state index in [1.54, 1.807) is 36.4 Å². The second kappa shape index (κ2) is 5.96. The molecule has 2 nitrogen and oxygen atoms in total. The maximum Gasteiger partial charge on any atom is 0.137 e. The Labute approximate surface area is 119 Å². The van der Waals surface area contributed by atoms with E-state index in [9.17, 15) is 9.50 Å². The van der Waals surface area contributed by atoms with Gasteiger partial charge in [-0.2, -0.15) is 5.26 Å². The van der Waals surface area contributed by atoms with E-state index in [0.717, 1.165) is 5.56 Å². The molecule has 0 aliphatic rings. The molecule has 1 unspecified atom stereocenters. The van der Waals surface area contributed by atoms with Crippen molar-refractivity contribution in [2.24, 2.45) is 0 Å². The van der Waals surface area contributed by atoms with E-state index in [0.29, 0.717) is 22.0 Å². The Morgan fingerprint density at radius 2 is 2.05 bits per heavy atom. The van der Waals surface area contributed by atoms with Gasteiger partial charge < -0.3 is 5.11 Å². The van der Waals surface area contributed by atoms with Crippen molar-refractivity contribution in [3.63, 3.8) is 0 Å². The number of aliphatic hydroxyl groups excluding tert-OH is 1. The highest BCUT2D eigenvalue weighted by Crippen LogP contribution is 2.22. The number of nitrogens with zero attached hydrogens (tertiary/aromatic N) is 1. The molecular weight excluding hydrogens is 309 g/mol. The van der Waals surface area contributed by atoms with E-state index >= 15 is 0 Å². The number of hydrogen-bond acceptors (Lipinski definition) is 2. The topological polar surface area (TPSA) is 44.0 Å². The second-order valence-corrected chi connectivity index (χ2v) is 5.06. The fourth-order valence-corrected chi connectivity index (χ4v) is 2.25. The first-order valence-electron chi connectivity index (χ1n) is 5.72. The highest BCUT2D eigenvalue weighted by molar-refractivity contribution is 9.10. The lowest BCUT2D eigenvalue weighted by Crippen LogP contribution is -2.02. The summed E-state index contributed by atoms with van der Waals surface area (Å²) in [5.41, 5.74) is 2.01. The van der Waals surface area contributed by atoms with Gasteiger partial charge in [-0.15, -0.1) is 0 Å². The van der Waals surface area contributed by atoms with Crippen molar-refractivity contribution >= 4 is 15.9 Å². The predicted molar refractivity (Wildman–Crippen MR) is 73.9 cm³/mol. The van der Waals surface area contributed by atoms with Crippen LogP contribution in [0.15, 0.2) is 46.9 Å². The molecule has 2 rings (SSSR count). The van der Waals surface area contributed by atoms with Crippen LogP contribution in [0.5, 0.6) is 0 Å². The zero-order valence-electron chi connectivity index (χ0n) is 9.98. The van der Waals surface area contributed by atoms with Gasteiger partial charge in [0.2, 0.25) is 0 Å². The van der Waals surface area contributed by atoms with Crippen LogP contribution in [0, 0.1) is 17.1 Å². The summed E-state index contributed by atoms with van der Waals surface area (Å²) in [6.45, 7) is 0. The van der Waals surface area contributed by atoms with Crippen molar-refractivity contribution in [3.05, 3.63) is 69.4 Å². The number of halogens is 2. The molecule has 1 atom stereocenters. The fourth-order valence-electron chi connectivity index (χ4n) is 1.82. The van der Waals surface area contributed by atoms with E-state index in [1.807, 2.05) is 6.07 Å². The summed E-state index contributed by atoms with van der Waals surface area (Å²) in [5, 5.41) is 19.0. The van der Waals surface area contributed by atoms with Crippen LogP contribution >= 0.6 is 15.9 Å². The monoisotopic (exact) mass is 319 g/mol. The van der Waals surface area contributed by atoms with Gasteiger partial charge >= 0.3 is 0 Å². The molecule has 0 fully saturated rings. The Hall–Kier alpha value is -1.70. The summed E-state index contributed by atoms with van der Waals surface area (Å²) in [6.07, 6.45) is -0.348. The Morgan fingerprint density at radius 3 is 2.74 bits per heavy atom. The minimum atomic E-state index is -0.717. The van der Waals surface area contributed by atoms with E-state index < -0.39 is 6.10 Å². The lowest BCUT2D eigenvalue weighted by molar-refractivity contribution is 0.178. The molecule has 0 bridgehead atoms. The summed E-state index contributed by atoms with van der Waals surface area (Å²) < 4.78 is 13.5. The summed E-state index contributed by atoms with van der Waals surface area (Å²) >= 11 is 3.12. The molecule has 0 radical (unpaired) electrons. The Kier molecular flexibility index (Phi) is 4.31.